The maximum Gasteiger partial charge on any atom is 0.306 e. The lowest BCUT2D eigenvalue weighted by Crippen LogP contribution is -2.20. The van der Waals surface area contributed by atoms with E-state index < -0.39 is 5.97 Å². The molecule has 1 heterocycles. The van der Waals surface area contributed by atoms with E-state index in [1.165, 1.54) is 4.88 Å². The standard InChI is InChI=1S/C11H13ClO2S/c12-10-6-5-9(15-10)7-1-3-8(4-2-7)11(13)14/h5-8H,1-4H2,(H,13,14). The zero-order valence-corrected chi connectivity index (χ0v) is 9.85. The van der Waals surface area contributed by atoms with E-state index in [-0.39, 0.29) is 5.92 Å². The second kappa shape index (κ2) is 4.54. The van der Waals surface area contributed by atoms with E-state index in [1.807, 2.05) is 6.07 Å². The van der Waals surface area contributed by atoms with Gasteiger partial charge in [-0.15, -0.1) is 11.3 Å². The molecule has 1 aromatic heterocycles. The molecule has 0 aliphatic heterocycles. The number of hydrogen-bond donors (Lipinski definition) is 1. The summed E-state index contributed by atoms with van der Waals surface area (Å²) in [5.74, 6) is -0.243. The van der Waals surface area contributed by atoms with Crippen LogP contribution < -0.4 is 0 Å². The summed E-state index contributed by atoms with van der Waals surface area (Å²) in [4.78, 5) is 12.1. The Morgan fingerprint density at radius 3 is 2.47 bits per heavy atom. The van der Waals surface area contributed by atoms with Crippen molar-refractivity contribution in [3.05, 3.63) is 21.3 Å². The molecule has 2 nitrogen and oxygen atoms in total. The molecule has 82 valence electrons. The lowest BCUT2D eigenvalue weighted by molar-refractivity contribution is -0.142. The highest BCUT2D eigenvalue weighted by Gasteiger charge is 2.27. The fourth-order valence-corrected chi connectivity index (χ4v) is 3.40. The summed E-state index contributed by atoms with van der Waals surface area (Å²) in [5, 5.41) is 8.88. The van der Waals surface area contributed by atoms with E-state index in [2.05, 4.69) is 6.07 Å². The zero-order chi connectivity index (χ0) is 10.8. The van der Waals surface area contributed by atoms with Gasteiger partial charge in [0.15, 0.2) is 0 Å². The van der Waals surface area contributed by atoms with Gasteiger partial charge in [0, 0.05) is 4.88 Å². The van der Waals surface area contributed by atoms with E-state index in [1.54, 1.807) is 11.3 Å². The molecule has 0 unspecified atom stereocenters. The summed E-state index contributed by atoms with van der Waals surface area (Å²) < 4.78 is 0.824. The van der Waals surface area contributed by atoms with E-state index in [4.69, 9.17) is 16.7 Å². The van der Waals surface area contributed by atoms with Gasteiger partial charge in [-0.05, 0) is 43.7 Å². The quantitative estimate of drug-likeness (QED) is 0.860. The van der Waals surface area contributed by atoms with Crippen molar-refractivity contribution < 1.29 is 9.90 Å². The SMILES string of the molecule is O=C(O)C1CCC(c2ccc(Cl)s2)CC1. The average Bonchev–Trinajstić information content (AvgIpc) is 2.65. The van der Waals surface area contributed by atoms with Crippen LogP contribution in [0.25, 0.3) is 0 Å². The molecule has 0 atom stereocenters. The average molecular weight is 245 g/mol. The van der Waals surface area contributed by atoms with Gasteiger partial charge in [0.1, 0.15) is 0 Å². The maximum absolute atomic E-state index is 10.8. The van der Waals surface area contributed by atoms with E-state index in [9.17, 15) is 4.79 Å². The van der Waals surface area contributed by atoms with Crippen molar-refractivity contribution in [2.75, 3.05) is 0 Å². The lowest BCUT2D eigenvalue weighted by Gasteiger charge is -2.25. The van der Waals surface area contributed by atoms with Crippen molar-refractivity contribution in [1.82, 2.24) is 0 Å². The third-order valence-electron chi connectivity index (χ3n) is 3.07. The second-order valence-electron chi connectivity index (χ2n) is 4.03. The minimum atomic E-state index is -0.641. The smallest absolute Gasteiger partial charge is 0.306 e. The number of hydrogen-bond acceptors (Lipinski definition) is 2. The van der Waals surface area contributed by atoms with Crippen LogP contribution in [0.2, 0.25) is 4.34 Å². The summed E-state index contributed by atoms with van der Waals surface area (Å²) in [7, 11) is 0. The number of halogens is 1. The Morgan fingerprint density at radius 2 is 2.00 bits per heavy atom. The third kappa shape index (κ3) is 2.52. The molecule has 1 N–H and O–H groups in total. The van der Waals surface area contributed by atoms with Crippen molar-refractivity contribution in [3.63, 3.8) is 0 Å². The Morgan fingerprint density at radius 1 is 1.33 bits per heavy atom. The van der Waals surface area contributed by atoms with Crippen LogP contribution in [0.15, 0.2) is 12.1 Å². The van der Waals surface area contributed by atoms with Crippen molar-refractivity contribution in [1.29, 1.82) is 0 Å². The third-order valence-corrected chi connectivity index (χ3v) is 4.47. The minimum absolute atomic E-state index is 0.128. The molecular formula is C11H13ClO2S. The van der Waals surface area contributed by atoms with Gasteiger partial charge in [0.05, 0.1) is 10.3 Å². The molecule has 1 fully saturated rings. The fraction of sp³-hybridized carbons (Fsp3) is 0.545. The largest absolute Gasteiger partial charge is 0.481 e. The Hall–Kier alpha value is -0.540. The van der Waals surface area contributed by atoms with Crippen LogP contribution in [0.5, 0.6) is 0 Å². The highest BCUT2D eigenvalue weighted by atomic mass is 35.5. The molecule has 1 aromatic rings. The monoisotopic (exact) mass is 244 g/mol. The van der Waals surface area contributed by atoms with Crippen LogP contribution in [0.1, 0.15) is 36.5 Å². The Labute approximate surface area is 97.9 Å². The fourth-order valence-electron chi connectivity index (χ4n) is 2.17. The summed E-state index contributed by atoms with van der Waals surface area (Å²) >= 11 is 7.51. The van der Waals surface area contributed by atoms with Crippen LogP contribution >= 0.6 is 22.9 Å². The number of rotatable bonds is 2. The predicted molar refractivity (Wildman–Crippen MR) is 61.7 cm³/mol. The number of carbonyl (C=O) groups is 1. The van der Waals surface area contributed by atoms with Gasteiger partial charge in [0.2, 0.25) is 0 Å². The Kier molecular flexibility index (Phi) is 3.32. The first-order chi connectivity index (χ1) is 7.16. The molecule has 0 saturated heterocycles. The first-order valence-electron chi connectivity index (χ1n) is 5.15. The van der Waals surface area contributed by atoms with E-state index in [0.717, 1.165) is 30.0 Å². The summed E-state index contributed by atoms with van der Waals surface area (Å²) in [6.45, 7) is 0. The van der Waals surface area contributed by atoms with Crippen LogP contribution in [-0.4, -0.2) is 11.1 Å². The number of carboxylic acid groups (broad SMARTS) is 1. The van der Waals surface area contributed by atoms with Crippen LogP contribution in [-0.2, 0) is 4.79 Å². The van der Waals surface area contributed by atoms with Gasteiger partial charge in [-0.1, -0.05) is 11.6 Å². The van der Waals surface area contributed by atoms with Gasteiger partial charge in [0.25, 0.3) is 0 Å². The molecule has 0 radical (unpaired) electrons. The molecule has 1 saturated carbocycles. The van der Waals surface area contributed by atoms with Crippen LogP contribution in [0.4, 0.5) is 0 Å². The van der Waals surface area contributed by atoms with E-state index >= 15 is 0 Å². The maximum atomic E-state index is 10.8. The van der Waals surface area contributed by atoms with Crippen LogP contribution in [0.3, 0.4) is 0 Å². The zero-order valence-electron chi connectivity index (χ0n) is 8.28. The Balaban J connectivity index is 1.96. The van der Waals surface area contributed by atoms with Crippen molar-refractivity contribution >= 4 is 28.9 Å². The molecule has 0 aromatic carbocycles. The lowest BCUT2D eigenvalue weighted by atomic mass is 9.81. The predicted octanol–water partition coefficient (Wildman–Crippen LogP) is 3.76. The molecule has 1 aliphatic carbocycles. The Bertz CT molecular complexity index is 353. The molecule has 15 heavy (non-hydrogen) atoms. The topological polar surface area (TPSA) is 37.3 Å². The molecule has 0 bridgehead atoms. The van der Waals surface area contributed by atoms with Gasteiger partial charge < -0.3 is 5.11 Å². The molecule has 0 amide bonds. The van der Waals surface area contributed by atoms with Gasteiger partial charge >= 0.3 is 5.97 Å². The van der Waals surface area contributed by atoms with Gasteiger partial charge in [-0.3, -0.25) is 4.79 Å². The number of carboxylic acids is 1. The first-order valence-corrected chi connectivity index (χ1v) is 6.34. The molecule has 4 heteroatoms. The second-order valence-corrected chi connectivity index (χ2v) is 5.78. The van der Waals surface area contributed by atoms with Crippen molar-refractivity contribution in [2.45, 2.75) is 31.6 Å². The molecular weight excluding hydrogens is 232 g/mol. The highest BCUT2D eigenvalue weighted by molar-refractivity contribution is 7.16. The molecule has 0 spiro atoms. The minimum Gasteiger partial charge on any atom is -0.481 e. The highest BCUT2D eigenvalue weighted by Crippen LogP contribution is 2.39. The summed E-state index contributed by atoms with van der Waals surface area (Å²) in [5.41, 5.74) is 0. The first kappa shape index (κ1) is 11.0. The summed E-state index contributed by atoms with van der Waals surface area (Å²) in [6, 6.07) is 3.99. The number of thiophene rings is 1. The van der Waals surface area contributed by atoms with Crippen molar-refractivity contribution in [3.8, 4) is 0 Å². The normalized spacial score (nSPS) is 26.5. The number of aliphatic carboxylic acids is 1. The van der Waals surface area contributed by atoms with Gasteiger partial charge in [-0.25, -0.2) is 0 Å². The van der Waals surface area contributed by atoms with E-state index in [0.29, 0.717) is 5.92 Å². The summed E-state index contributed by atoms with van der Waals surface area (Å²) in [6.07, 6.45) is 3.56. The van der Waals surface area contributed by atoms with Crippen molar-refractivity contribution in [2.24, 2.45) is 5.92 Å². The molecule has 2 rings (SSSR count). The molecule has 1 aliphatic rings. The van der Waals surface area contributed by atoms with Gasteiger partial charge in [-0.2, -0.15) is 0 Å². The van der Waals surface area contributed by atoms with Crippen LogP contribution in [0, 0.1) is 5.92 Å².